The van der Waals surface area contributed by atoms with Crippen LogP contribution >= 0.6 is 11.6 Å². The predicted molar refractivity (Wildman–Crippen MR) is 74.1 cm³/mol. The number of carbonyl (C=O) groups excluding carboxylic acids is 1. The van der Waals surface area contributed by atoms with Crippen LogP contribution in [-0.4, -0.2) is 41.2 Å². The van der Waals surface area contributed by atoms with Crippen molar-refractivity contribution in [3.8, 4) is 12.3 Å². The first kappa shape index (κ1) is 15.1. The van der Waals surface area contributed by atoms with Crippen LogP contribution in [0.25, 0.3) is 0 Å². The Kier molecular flexibility index (Phi) is 5.39. The second kappa shape index (κ2) is 6.81. The molecule has 1 aromatic rings. The molecule has 19 heavy (non-hydrogen) atoms. The molecule has 0 bridgehead atoms. The number of anilines is 1. The van der Waals surface area contributed by atoms with E-state index in [4.69, 9.17) is 18.0 Å². The van der Waals surface area contributed by atoms with Crippen LogP contribution in [0.2, 0.25) is 5.02 Å². The average molecular weight is 283 g/mol. The van der Waals surface area contributed by atoms with Crippen molar-refractivity contribution in [3.63, 3.8) is 0 Å². The van der Waals surface area contributed by atoms with Crippen molar-refractivity contribution in [2.75, 3.05) is 26.0 Å². The SMILES string of the molecule is C#CCn1ncc(Cl)c(NCCC(=O)N(C)C)c1=O. The second-order valence-electron chi connectivity index (χ2n) is 4.00. The molecule has 1 heterocycles. The van der Waals surface area contributed by atoms with Gasteiger partial charge in [-0.05, 0) is 0 Å². The van der Waals surface area contributed by atoms with Gasteiger partial charge in [0.25, 0.3) is 5.56 Å². The van der Waals surface area contributed by atoms with Crippen molar-refractivity contribution in [2.24, 2.45) is 0 Å². The molecule has 1 aromatic heterocycles. The molecule has 1 N–H and O–H groups in total. The molecule has 1 amide bonds. The van der Waals surface area contributed by atoms with Gasteiger partial charge in [-0.15, -0.1) is 6.42 Å². The molecule has 0 aliphatic rings. The zero-order chi connectivity index (χ0) is 14.4. The maximum atomic E-state index is 12.0. The third-order valence-corrected chi connectivity index (χ3v) is 2.66. The van der Waals surface area contributed by atoms with Gasteiger partial charge in [0.15, 0.2) is 0 Å². The topological polar surface area (TPSA) is 67.2 Å². The largest absolute Gasteiger partial charge is 0.379 e. The number of rotatable bonds is 5. The summed E-state index contributed by atoms with van der Waals surface area (Å²) < 4.78 is 1.13. The van der Waals surface area contributed by atoms with Crippen LogP contribution in [0, 0.1) is 12.3 Å². The molecule has 1 rings (SSSR count). The van der Waals surface area contributed by atoms with E-state index in [2.05, 4.69) is 16.3 Å². The molecule has 0 unspecified atom stereocenters. The van der Waals surface area contributed by atoms with E-state index >= 15 is 0 Å². The lowest BCUT2D eigenvalue weighted by Gasteiger charge is -2.12. The van der Waals surface area contributed by atoms with Crippen LogP contribution in [0.1, 0.15) is 6.42 Å². The Balaban J connectivity index is 2.78. The number of carbonyl (C=O) groups is 1. The lowest BCUT2D eigenvalue weighted by atomic mass is 10.3. The number of amides is 1. The highest BCUT2D eigenvalue weighted by molar-refractivity contribution is 6.33. The summed E-state index contributed by atoms with van der Waals surface area (Å²) in [4.78, 5) is 24.8. The third kappa shape index (κ3) is 4.00. The van der Waals surface area contributed by atoms with Crippen molar-refractivity contribution in [1.29, 1.82) is 0 Å². The van der Waals surface area contributed by atoms with E-state index in [-0.39, 0.29) is 29.6 Å². The molecule has 0 fully saturated rings. The summed E-state index contributed by atoms with van der Waals surface area (Å²) in [7, 11) is 3.34. The molecular weight excluding hydrogens is 268 g/mol. The number of aromatic nitrogens is 2. The number of hydrogen-bond acceptors (Lipinski definition) is 4. The quantitative estimate of drug-likeness (QED) is 0.795. The van der Waals surface area contributed by atoms with Crippen LogP contribution in [0.4, 0.5) is 5.69 Å². The zero-order valence-electron chi connectivity index (χ0n) is 10.8. The summed E-state index contributed by atoms with van der Waals surface area (Å²) in [6.07, 6.45) is 6.75. The van der Waals surface area contributed by atoms with Gasteiger partial charge in [0.05, 0.1) is 11.2 Å². The molecule has 0 radical (unpaired) electrons. The molecule has 7 heteroatoms. The Morgan fingerprint density at radius 3 is 2.89 bits per heavy atom. The number of nitrogens with one attached hydrogen (secondary N) is 1. The first-order valence-electron chi connectivity index (χ1n) is 5.60. The Bertz CT molecular complexity index is 560. The lowest BCUT2D eigenvalue weighted by Crippen LogP contribution is -2.28. The lowest BCUT2D eigenvalue weighted by molar-refractivity contribution is -0.128. The van der Waals surface area contributed by atoms with Crippen molar-refractivity contribution in [3.05, 3.63) is 21.6 Å². The minimum absolute atomic E-state index is 0.0402. The van der Waals surface area contributed by atoms with Gasteiger partial charge in [-0.2, -0.15) is 5.10 Å². The van der Waals surface area contributed by atoms with E-state index in [1.54, 1.807) is 14.1 Å². The van der Waals surface area contributed by atoms with Crippen molar-refractivity contribution < 1.29 is 4.79 Å². The first-order valence-corrected chi connectivity index (χ1v) is 5.98. The number of halogens is 1. The minimum Gasteiger partial charge on any atom is -0.379 e. The van der Waals surface area contributed by atoms with E-state index in [1.165, 1.54) is 11.1 Å². The molecule has 6 nitrogen and oxygen atoms in total. The fourth-order valence-corrected chi connectivity index (χ4v) is 1.54. The van der Waals surface area contributed by atoms with E-state index < -0.39 is 5.56 Å². The normalized spacial score (nSPS) is 9.79. The smallest absolute Gasteiger partial charge is 0.292 e. The summed E-state index contributed by atoms with van der Waals surface area (Å²) in [5.74, 6) is 2.29. The maximum absolute atomic E-state index is 12.0. The zero-order valence-corrected chi connectivity index (χ0v) is 11.6. The first-order chi connectivity index (χ1) is 8.97. The Labute approximate surface area is 116 Å². The van der Waals surface area contributed by atoms with Crippen LogP contribution in [0.15, 0.2) is 11.0 Å². The molecule has 0 saturated carbocycles. The highest BCUT2D eigenvalue weighted by Gasteiger charge is 2.10. The van der Waals surface area contributed by atoms with Crippen LogP contribution in [0.5, 0.6) is 0 Å². The molecule has 0 spiro atoms. The standard InChI is InChI=1S/C12H15ClN4O2/c1-4-7-17-12(19)11(9(13)8-15-17)14-6-5-10(18)16(2)3/h1,8,14H,5-7H2,2-3H3. The van der Waals surface area contributed by atoms with E-state index in [0.717, 1.165) is 4.68 Å². The summed E-state index contributed by atoms with van der Waals surface area (Å²) in [5.41, 5.74) is -0.193. The molecular formula is C12H15ClN4O2. The van der Waals surface area contributed by atoms with Gasteiger partial charge in [0.2, 0.25) is 5.91 Å². The summed E-state index contributed by atoms with van der Waals surface area (Å²) >= 11 is 5.89. The van der Waals surface area contributed by atoms with Gasteiger partial charge in [-0.25, -0.2) is 4.68 Å². The van der Waals surface area contributed by atoms with Crippen molar-refractivity contribution >= 4 is 23.2 Å². The number of nitrogens with zero attached hydrogens (tertiary/aromatic N) is 3. The molecule has 0 atom stereocenters. The summed E-state index contributed by atoms with van der Waals surface area (Å²) in [6.45, 7) is 0.382. The molecule has 0 saturated heterocycles. The van der Waals surface area contributed by atoms with Gasteiger partial charge in [-0.1, -0.05) is 17.5 Å². The summed E-state index contributed by atoms with van der Waals surface area (Å²) in [6, 6.07) is 0. The Morgan fingerprint density at radius 1 is 1.63 bits per heavy atom. The summed E-state index contributed by atoms with van der Waals surface area (Å²) in [5, 5.41) is 6.86. The van der Waals surface area contributed by atoms with Gasteiger partial charge >= 0.3 is 0 Å². The maximum Gasteiger partial charge on any atom is 0.292 e. The van der Waals surface area contributed by atoms with Crippen LogP contribution in [0.3, 0.4) is 0 Å². The fourth-order valence-electron chi connectivity index (χ4n) is 1.35. The molecule has 0 aromatic carbocycles. The highest BCUT2D eigenvalue weighted by Crippen LogP contribution is 2.14. The van der Waals surface area contributed by atoms with E-state index in [0.29, 0.717) is 6.54 Å². The van der Waals surface area contributed by atoms with E-state index in [1.807, 2.05) is 0 Å². The van der Waals surface area contributed by atoms with Crippen molar-refractivity contribution in [2.45, 2.75) is 13.0 Å². The average Bonchev–Trinajstić information content (AvgIpc) is 2.36. The van der Waals surface area contributed by atoms with Gasteiger partial charge in [-0.3, -0.25) is 9.59 Å². The Morgan fingerprint density at radius 2 is 2.32 bits per heavy atom. The molecule has 0 aliphatic heterocycles. The van der Waals surface area contributed by atoms with Gasteiger partial charge in [0, 0.05) is 27.1 Å². The monoisotopic (exact) mass is 282 g/mol. The van der Waals surface area contributed by atoms with Crippen LogP contribution < -0.4 is 10.9 Å². The molecule has 0 aliphatic carbocycles. The Hall–Kier alpha value is -2.00. The van der Waals surface area contributed by atoms with Crippen LogP contribution in [-0.2, 0) is 11.3 Å². The highest BCUT2D eigenvalue weighted by atomic mass is 35.5. The van der Waals surface area contributed by atoms with Gasteiger partial charge < -0.3 is 10.2 Å². The fraction of sp³-hybridized carbons (Fsp3) is 0.417. The third-order valence-electron chi connectivity index (χ3n) is 2.38. The second-order valence-corrected chi connectivity index (χ2v) is 4.41. The minimum atomic E-state index is -0.400. The number of hydrogen-bond donors (Lipinski definition) is 1. The van der Waals surface area contributed by atoms with E-state index in [9.17, 15) is 9.59 Å². The van der Waals surface area contributed by atoms with Crippen molar-refractivity contribution in [1.82, 2.24) is 14.7 Å². The predicted octanol–water partition coefficient (Wildman–Crippen LogP) is 0.420. The molecule has 102 valence electrons. The number of terminal acetylenes is 1. The van der Waals surface area contributed by atoms with Gasteiger partial charge in [0.1, 0.15) is 12.2 Å².